The van der Waals surface area contributed by atoms with Crippen LogP contribution in [0.3, 0.4) is 0 Å². The Hall–Kier alpha value is -2.37. The highest BCUT2D eigenvalue weighted by Gasteiger charge is 2.51. The lowest BCUT2D eigenvalue weighted by atomic mass is 9.53. The zero-order chi connectivity index (χ0) is 19.6. The molecule has 2 N–H and O–H groups in total. The Balaban J connectivity index is 1.31. The number of nitrogens with one attached hydrogen (secondary N) is 2. The summed E-state index contributed by atoms with van der Waals surface area (Å²) in [5, 5.41) is 6.17. The summed E-state index contributed by atoms with van der Waals surface area (Å²) in [6.45, 7) is 3.64. The average molecular weight is 381 g/mol. The van der Waals surface area contributed by atoms with Crippen molar-refractivity contribution in [3.63, 3.8) is 0 Å². The van der Waals surface area contributed by atoms with Crippen LogP contribution < -0.4 is 10.6 Å². The SMILES string of the molecule is CC(C)N1C(=O)c2ccc(NC(=O)NC34CC5CC(CC(C5)C3)C4)cc2C1=O. The van der Waals surface area contributed by atoms with Gasteiger partial charge < -0.3 is 10.6 Å². The van der Waals surface area contributed by atoms with Gasteiger partial charge in [-0.15, -0.1) is 0 Å². The van der Waals surface area contributed by atoms with Gasteiger partial charge in [-0.05, 0) is 88.3 Å². The number of hydrogen-bond acceptors (Lipinski definition) is 3. The normalized spacial score (nSPS) is 32.8. The summed E-state index contributed by atoms with van der Waals surface area (Å²) in [4.78, 5) is 39.0. The van der Waals surface area contributed by atoms with Crippen molar-refractivity contribution in [3.05, 3.63) is 29.3 Å². The molecule has 5 aliphatic rings. The Kier molecular flexibility index (Phi) is 3.83. The zero-order valence-corrected chi connectivity index (χ0v) is 16.5. The van der Waals surface area contributed by atoms with E-state index in [1.165, 1.54) is 24.2 Å². The highest BCUT2D eigenvalue weighted by Crippen LogP contribution is 2.55. The van der Waals surface area contributed by atoms with Crippen LogP contribution in [0, 0.1) is 17.8 Å². The van der Waals surface area contributed by atoms with Gasteiger partial charge in [0.1, 0.15) is 0 Å². The molecule has 0 atom stereocenters. The molecule has 0 unspecified atom stereocenters. The van der Waals surface area contributed by atoms with E-state index in [4.69, 9.17) is 0 Å². The van der Waals surface area contributed by atoms with Crippen molar-refractivity contribution in [2.24, 2.45) is 17.8 Å². The van der Waals surface area contributed by atoms with E-state index in [-0.39, 0.29) is 29.4 Å². The largest absolute Gasteiger partial charge is 0.332 e. The van der Waals surface area contributed by atoms with Gasteiger partial charge in [0.2, 0.25) is 0 Å². The highest BCUT2D eigenvalue weighted by molar-refractivity contribution is 6.22. The topological polar surface area (TPSA) is 78.5 Å². The molecule has 1 aliphatic heterocycles. The minimum atomic E-state index is -0.292. The van der Waals surface area contributed by atoms with E-state index in [1.54, 1.807) is 18.2 Å². The lowest BCUT2D eigenvalue weighted by Gasteiger charge is -2.56. The smallest absolute Gasteiger partial charge is 0.319 e. The summed E-state index contributed by atoms with van der Waals surface area (Å²) < 4.78 is 0. The quantitative estimate of drug-likeness (QED) is 0.782. The van der Waals surface area contributed by atoms with E-state index in [9.17, 15) is 14.4 Å². The summed E-state index contributed by atoms with van der Waals surface area (Å²) in [6.07, 6.45) is 7.26. The molecule has 1 aromatic carbocycles. The third-order valence-electron chi connectivity index (χ3n) is 7.11. The molecule has 0 radical (unpaired) electrons. The minimum absolute atomic E-state index is 0.0597. The van der Waals surface area contributed by atoms with Crippen LogP contribution >= 0.6 is 0 Å². The maximum atomic E-state index is 12.7. The molecule has 28 heavy (non-hydrogen) atoms. The Bertz CT molecular complexity index is 840. The Labute approximate surface area is 165 Å². The number of carbonyl (C=O) groups excluding carboxylic acids is 3. The number of amides is 4. The first-order valence-electron chi connectivity index (χ1n) is 10.4. The lowest BCUT2D eigenvalue weighted by molar-refractivity contribution is -0.0127. The second-order valence-electron chi connectivity index (χ2n) is 9.61. The zero-order valence-electron chi connectivity index (χ0n) is 16.5. The Morgan fingerprint density at radius 1 is 1.00 bits per heavy atom. The fourth-order valence-electron chi connectivity index (χ4n) is 6.47. The van der Waals surface area contributed by atoms with E-state index in [2.05, 4.69) is 10.6 Å². The van der Waals surface area contributed by atoms with Crippen LogP contribution in [-0.2, 0) is 0 Å². The molecule has 4 aliphatic carbocycles. The Morgan fingerprint density at radius 3 is 2.14 bits per heavy atom. The van der Waals surface area contributed by atoms with Crippen molar-refractivity contribution < 1.29 is 14.4 Å². The number of nitrogens with zero attached hydrogens (tertiary/aromatic N) is 1. The van der Waals surface area contributed by atoms with Crippen LogP contribution in [0.25, 0.3) is 0 Å². The van der Waals surface area contributed by atoms with Gasteiger partial charge >= 0.3 is 6.03 Å². The predicted octanol–water partition coefficient (Wildman–Crippen LogP) is 3.78. The van der Waals surface area contributed by atoms with Gasteiger partial charge in [0.15, 0.2) is 0 Å². The molecule has 1 aromatic rings. The number of rotatable bonds is 3. The first-order valence-corrected chi connectivity index (χ1v) is 10.4. The van der Waals surface area contributed by atoms with Gasteiger partial charge in [0.25, 0.3) is 11.8 Å². The fourth-order valence-corrected chi connectivity index (χ4v) is 6.47. The van der Waals surface area contributed by atoms with Crippen LogP contribution in [0.15, 0.2) is 18.2 Å². The molecular formula is C22H27N3O3. The predicted molar refractivity (Wildman–Crippen MR) is 105 cm³/mol. The maximum Gasteiger partial charge on any atom is 0.319 e. The first-order chi connectivity index (χ1) is 13.3. The molecule has 4 amide bonds. The van der Waals surface area contributed by atoms with Crippen molar-refractivity contribution in [2.45, 2.75) is 64.0 Å². The molecule has 4 bridgehead atoms. The van der Waals surface area contributed by atoms with Gasteiger partial charge in [-0.2, -0.15) is 0 Å². The van der Waals surface area contributed by atoms with Gasteiger partial charge in [-0.1, -0.05) is 0 Å². The molecule has 4 saturated carbocycles. The highest BCUT2D eigenvalue weighted by atomic mass is 16.2. The van der Waals surface area contributed by atoms with Crippen molar-refractivity contribution in [2.75, 3.05) is 5.32 Å². The monoisotopic (exact) mass is 381 g/mol. The number of imide groups is 1. The number of benzene rings is 1. The summed E-state index contributed by atoms with van der Waals surface area (Å²) in [5.41, 5.74) is 1.26. The van der Waals surface area contributed by atoms with E-state index < -0.39 is 0 Å². The van der Waals surface area contributed by atoms with Crippen LogP contribution in [0.2, 0.25) is 0 Å². The molecule has 0 spiro atoms. The molecule has 0 saturated heterocycles. The lowest BCUT2D eigenvalue weighted by Crippen LogP contribution is -2.60. The average Bonchev–Trinajstić information content (AvgIpc) is 2.83. The van der Waals surface area contributed by atoms with Crippen molar-refractivity contribution in [1.82, 2.24) is 10.2 Å². The first kappa shape index (κ1) is 17.7. The van der Waals surface area contributed by atoms with Crippen LogP contribution in [0.1, 0.15) is 73.1 Å². The van der Waals surface area contributed by atoms with E-state index in [0.29, 0.717) is 16.8 Å². The number of hydrogen-bond donors (Lipinski definition) is 2. The molecule has 6 rings (SSSR count). The van der Waals surface area contributed by atoms with Gasteiger partial charge in [-0.3, -0.25) is 14.5 Å². The third-order valence-corrected chi connectivity index (χ3v) is 7.11. The van der Waals surface area contributed by atoms with Crippen LogP contribution in [-0.4, -0.2) is 34.3 Å². The molecule has 1 heterocycles. The van der Waals surface area contributed by atoms with Gasteiger partial charge in [0.05, 0.1) is 11.1 Å². The minimum Gasteiger partial charge on any atom is -0.332 e. The number of carbonyl (C=O) groups is 3. The fraction of sp³-hybridized carbons (Fsp3) is 0.591. The second-order valence-corrected chi connectivity index (χ2v) is 9.61. The molecule has 148 valence electrons. The van der Waals surface area contributed by atoms with Crippen molar-refractivity contribution in [3.8, 4) is 0 Å². The molecule has 6 heteroatoms. The van der Waals surface area contributed by atoms with Gasteiger partial charge in [0, 0.05) is 17.3 Å². The number of urea groups is 1. The Morgan fingerprint density at radius 2 is 1.57 bits per heavy atom. The third kappa shape index (κ3) is 2.73. The molecule has 0 aromatic heterocycles. The molecule has 4 fully saturated rings. The standard InChI is InChI=1S/C22H27N3O3/c1-12(2)25-19(26)17-4-3-16(8-18(17)20(25)27)23-21(28)24-22-9-13-5-14(10-22)7-15(6-13)11-22/h3-4,8,12-15H,5-7,9-11H2,1-2H3,(H2,23,24,28). The maximum absolute atomic E-state index is 12.7. The van der Waals surface area contributed by atoms with E-state index in [0.717, 1.165) is 37.0 Å². The van der Waals surface area contributed by atoms with E-state index >= 15 is 0 Å². The van der Waals surface area contributed by atoms with Gasteiger partial charge in [-0.25, -0.2) is 4.79 Å². The summed E-state index contributed by atoms with van der Waals surface area (Å²) in [7, 11) is 0. The van der Waals surface area contributed by atoms with Crippen molar-refractivity contribution >= 4 is 23.5 Å². The number of anilines is 1. The second kappa shape index (κ2) is 6.06. The van der Waals surface area contributed by atoms with E-state index in [1.807, 2.05) is 13.8 Å². The summed E-state index contributed by atoms with van der Waals surface area (Å²) >= 11 is 0. The van der Waals surface area contributed by atoms with Crippen molar-refractivity contribution in [1.29, 1.82) is 0 Å². The molecular weight excluding hydrogens is 354 g/mol. The van der Waals surface area contributed by atoms with Crippen LogP contribution in [0.4, 0.5) is 10.5 Å². The number of fused-ring (bicyclic) bond motifs is 1. The molecule has 6 nitrogen and oxygen atoms in total. The summed E-state index contributed by atoms with van der Waals surface area (Å²) in [6, 6.07) is 4.56. The van der Waals surface area contributed by atoms with Crippen LogP contribution in [0.5, 0.6) is 0 Å². The summed E-state index contributed by atoms with van der Waals surface area (Å²) in [5.74, 6) is 1.73.